The van der Waals surface area contributed by atoms with Crippen LogP contribution in [0.1, 0.15) is 43.6 Å². The van der Waals surface area contributed by atoms with Gasteiger partial charge in [0, 0.05) is 12.2 Å². The van der Waals surface area contributed by atoms with Crippen molar-refractivity contribution in [3.05, 3.63) is 24.0 Å². The minimum Gasteiger partial charge on any atom is -0.489 e. The van der Waals surface area contributed by atoms with Crippen molar-refractivity contribution in [2.45, 2.75) is 45.3 Å². The molecular weight excluding hydrogens is 325 g/mol. The summed E-state index contributed by atoms with van der Waals surface area (Å²) in [5, 5.41) is 3.05. The molecule has 1 aromatic heterocycles. The lowest BCUT2D eigenvalue weighted by molar-refractivity contribution is 0.0917. The number of nitrogens with two attached hydrogens (primary N) is 1. The number of nitrogens with one attached hydrogen (secondary N) is 1. The van der Waals surface area contributed by atoms with Crippen molar-refractivity contribution in [1.29, 1.82) is 0 Å². The molecule has 3 N–H and O–H groups in total. The molecule has 1 fully saturated rings. The second kappa shape index (κ2) is 9.87. The number of rotatable bonds is 5. The number of ether oxygens (including phenoxy) is 1. The van der Waals surface area contributed by atoms with Crippen LogP contribution in [0.2, 0.25) is 0 Å². The Balaban J connectivity index is 0.00000220. The molecule has 1 saturated carbocycles. The van der Waals surface area contributed by atoms with Gasteiger partial charge in [-0.1, -0.05) is 6.42 Å². The first kappa shape index (κ1) is 21.0. The Hall–Kier alpha value is -1.04. The van der Waals surface area contributed by atoms with E-state index in [4.69, 9.17) is 10.5 Å². The van der Waals surface area contributed by atoms with Crippen molar-refractivity contribution in [3.63, 3.8) is 0 Å². The molecule has 1 aliphatic carbocycles. The third-order valence-electron chi connectivity index (χ3n) is 3.63. The Morgan fingerprint density at radius 2 is 2.18 bits per heavy atom. The van der Waals surface area contributed by atoms with E-state index >= 15 is 0 Å². The maximum absolute atomic E-state index is 12.4. The Bertz CT molecular complexity index is 472. The van der Waals surface area contributed by atoms with Gasteiger partial charge in [-0.25, -0.2) is 4.98 Å². The summed E-state index contributed by atoms with van der Waals surface area (Å²) in [5.74, 6) is 0.728. The Morgan fingerprint density at radius 1 is 1.45 bits per heavy atom. The van der Waals surface area contributed by atoms with Crippen LogP contribution in [0.5, 0.6) is 5.75 Å². The number of carbonyl (C=O) groups is 1. The van der Waals surface area contributed by atoms with Crippen LogP contribution < -0.4 is 15.8 Å². The molecule has 2 unspecified atom stereocenters. The molecule has 7 heteroatoms. The molecule has 0 bridgehead atoms. The lowest BCUT2D eigenvalue weighted by Crippen LogP contribution is -2.40. The van der Waals surface area contributed by atoms with E-state index in [9.17, 15) is 4.79 Å². The summed E-state index contributed by atoms with van der Waals surface area (Å²) in [4.78, 5) is 16.5. The molecule has 1 heterocycles. The minimum absolute atomic E-state index is 0. The van der Waals surface area contributed by atoms with Crippen molar-refractivity contribution >= 4 is 30.7 Å². The van der Waals surface area contributed by atoms with Crippen LogP contribution in [0.4, 0.5) is 0 Å². The topological polar surface area (TPSA) is 77.2 Å². The molecule has 0 aliphatic heterocycles. The average Bonchev–Trinajstić information content (AvgIpc) is 2.85. The Kier molecular flexibility index (Phi) is 9.41. The minimum atomic E-state index is -0.174. The van der Waals surface area contributed by atoms with E-state index in [0.717, 1.165) is 19.3 Å². The molecule has 1 aromatic rings. The van der Waals surface area contributed by atoms with E-state index in [2.05, 4.69) is 10.3 Å². The van der Waals surface area contributed by atoms with Gasteiger partial charge < -0.3 is 15.8 Å². The van der Waals surface area contributed by atoms with Crippen molar-refractivity contribution in [2.24, 2.45) is 11.7 Å². The van der Waals surface area contributed by atoms with Gasteiger partial charge in [0.2, 0.25) is 0 Å². The smallest absolute Gasteiger partial charge is 0.273 e. The molecule has 1 amide bonds. The molecule has 22 heavy (non-hydrogen) atoms. The fraction of sp³-hybridized carbons (Fsp3) is 0.600. The highest BCUT2D eigenvalue weighted by molar-refractivity contribution is 5.95. The van der Waals surface area contributed by atoms with Gasteiger partial charge in [-0.15, -0.1) is 24.8 Å². The third-order valence-corrected chi connectivity index (χ3v) is 3.63. The standard InChI is InChI=1S/C15H23N3O2.2ClH/c1-10(2)20-13-7-4-8-17-14(13)15(19)18-12-6-3-5-11(12)9-16;;/h4,7-8,10-12H,3,5-6,9,16H2,1-2H3,(H,18,19);2*1H. The van der Waals surface area contributed by atoms with E-state index in [-0.39, 0.29) is 42.9 Å². The number of hydrogen-bond acceptors (Lipinski definition) is 4. The maximum atomic E-state index is 12.4. The van der Waals surface area contributed by atoms with Gasteiger partial charge in [0.15, 0.2) is 11.4 Å². The number of pyridine rings is 1. The van der Waals surface area contributed by atoms with Crippen molar-refractivity contribution < 1.29 is 9.53 Å². The zero-order valence-electron chi connectivity index (χ0n) is 13.0. The Morgan fingerprint density at radius 3 is 2.82 bits per heavy atom. The normalized spacial score (nSPS) is 20.0. The molecular formula is C15H25Cl2N3O2. The lowest BCUT2D eigenvalue weighted by Gasteiger charge is -2.20. The SMILES string of the molecule is CC(C)Oc1cccnc1C(=O)NC1CCCC1CN.Cl.Cl. The first-order chi connectivity index (χ1) is 9.61. The van der Waals surface area contributed by atoms with Gasteiger partial charge in [-0.2, -0.15) is 0 Å². The second-order valence-corrected chi connectivity index (χ2v) is 5.52. The van der Waals surface area contributed by atoms with E-state index in [1.54, 1.807) is 18.3 Å². The van der Waals surface area contributed by atoms with E-state index in [1.807, 2.05) is 13.8 Å². The van der Waals surface area contributed by atoms with Gasteiger partial charge in [-0.3, -0.25) is 4.79 Å². The van der Waals surface area contributed by atoms with Crippen molar-refractivity contribution in [3.8, 4) is 5.75 Å². The highest BCUT2D eigenvalue weighted by Gasteiger charge is 2.28. The molecule has 1 aliphatic rings. The van der Waals surface area contributed by atoms with Crippen LogP contribution in [0.25, 0.3) is 0 Å². The number of hydrogen-bond donors (Lipinski definition) is 2. The number of halogens is 2. The summed E-state index contributed by atoms with van der Waals surface area (Å²) in [6, 6.07) is 3.70. The first-order valence-corrected chi connectivity index (χ1v) is 7.24. The van der Waals surface area contributed by atoms with Gasteiger partial charge in [-0.05, 0) is 51.3 Å². The van der Waals surface area contributed by atoms with E-state index in [1.165, 1.54) is 0 Å². The zero-order chi connectivity index (χ0) is 14.5. The van der Waals surface area contributed by atoms with Crippen molar-refractivity contribution in [1.82, 2.24) is 10.3 Å². The quantitative estimate of drug-likeness (QED) is 0.856. The zero-order valence-corrected chi connectivity index (χ0v) is 14.6. The maximum Gasteiger partial charge on any atom is 0.273 e. The summed E-state index contributed by atoms with van der Waals surface area (Å²) < 4.78 is 5.64. The fourth-order valence-corrected chi connectivity index (χ4v) is 2.66. The molecule has 0 radical (unpaired) electrons. The third kappa shape index (κ3) is 5.30. The summed E-state index contributed by atoms with van der Waals surface area (Å²) in [6.07, 6.45) is 4.80. The van der Waals surface area contributed by atoms with Crippen LogP contribution >= 0.6 is 24.8 Å². The van der Waals surface area contributed by atoms with Gasteiger partial charge in [0.25, 0.3) is 5.91 Å². The number of carbonyl (C=O) groups excluding carboxylic acids is 1. The molecule has 126 valence electrons. The van der Waals surface area contributed by atoms with E-state index in [0.29, 0.717) is 23.9 Å². The highest BCUT2D eigenvalue weighted by atomic mass is 35.5. The van der Waals surface area contributed by atoms with Crippen LogP contribution in [0, 0.1) is 5.92 Å². The number of amides is 1. The first-order valence-electron chi connectivity index (χ1n) is 7.24. The molecule has 2 rings (SSSR count). The predicted octanol–water partition coefficient (Wildman–Crippen LogP) is 2.57. The summed E-state index contributed by atoms with van der Waals surface area (Å²) in [7, 11) is 0. The Labute approximate surface area is 144 Å². The van der Waals surface area contributed by atoms with Gasteiger partial charge >= 0.3 is 0 Å². The number of nitrogens with zero attached hydrogens (tertiary/aromatic N) is 1. The molecule has 0 aromatic carbocycles. The summed E-state index contributed by atoms with van der Waals surface area (Å²) in [6.45, 7) is 4.47. The van der Waals surface area contributed by atoms with Crippen LogP contribution in [0.15, 0.2) is 18.3 Å². The molecule has 0 spiro atoms. The largest absolute Gasteiger partial charge is 0.489 e. The van der Waals surface area contributed by atoms with E-state index < -0.39 is 0 Å². The lowest BCUT2D eigenvalue weighted by atomic mass is 10.0. The highest BCUT2D eigenvalue weighted by Crippen LogP contribution is 2.25. The van der Waals surface area contributed by atoms with Gasteiger partial charge in [0.05, 0.1) is 6.10 Å². The molecule has 0 saturated heterocycles. The fourth-order valence-electron chi connectivity index (χ4n) is 2.66. The average molecular weight is 350 g/mol. The van der Waals surface area contributed by atoms with Crippen LogP contribution in [0.3, 0.4) is 0 Å². The summed E-state index contributed by atoms with van der Waals surface area (Å²) in [5.41, 5.74) is 6.09. The van der Waals surface area contributed by atoms with Crippen molar-refractivity contribution in [2.75, 3.05) is 6.54 Å². The number of aromatic nitrogens is 1. The summed E-state index contributed by atoms with van der Waals surface area (Å²) >= 11 is 0. The monoisotopic (exact) mass is 349 g/mol. The van der Waals surface area contributed by atoms with Crippen LogP contribution in [-0.4, -0.2) is 29.6 Å². The molecule has 5 nitrogen and oxygen atoms in total. The predicted molar refractivity (Wildman–Crippen MR) is 92.1 cm³/mol. The molecule has 2 atom stereocenters. The van der Waals surface area contributed by atoms with Crippen LogP contribution in [-0.2, 0) is 0 Å². The second-order valence-electron chi connectivity index (χ2n) is 5.52. The van der Waals surface area contributed by atoms with Gasteiger partial charge in [0.1, 0.15) is 0 Å².